The quantitative estimate of drug-likeness (QED) is 0.700. The summed E-state index contributed by atoms with van der Waals surface area (Å²) in [5.74, 6) is 0.999. The van der Waals surface area contributed by atoms with Gasteiger partial charge in [-0.3, -0.25) is 4.57 Å². The number of anilines is 1. The van der Waals surface area contributed by atoms with Crippen molar-refractivity contribution in [3.63, 3.8) is 0 Å². The summed E-state index contributed by atoms with van der Waals surface area (Å²) < 4.78 is 12.3. The average Bonchev–Trinajstić information content (AvgIpc) is 2.36. The molecular weight excluding hydrogens is 266 g/mol. The van der Waals surface area contributed by atoms with Crippen LogP contribution in [-0.4, -0.2) is 35.1 Å². The summed E-state index contributed by atoms with van der Waals surface area (Å²) in [5, 5.41) is 0. The lowest BCUT2D eigenvalue weighted by Crippen LogP contribution is -2.31. The van der Waals surface area contributed by atoms with E-state index in [0.29, 0.717) is 6.61 Å². The molecule has 0 aliphatic carbocycles. The van der Waals surface area contributed by atoms with Gasteiger partial charge in [-0.15, -0.1) is 0 Å². The first-order valence-electron chi connectivity index (χ1n) is 6.18. The summed E-state index contributed by atoms with van der Waals surface area (Å²) >= 11 is 4.18. The Morgan fingerprint density at radius 1 is 1.58 bits per heavy atom. The number of hydrogen-bond acceptors (Lipinski definition) is 6. The van der Waals surface area contributed by atoms with Gasteiger partial charge in [0.05, 0.1) is 12.7 Å². The molecule has 2 unspecified atom stereocenters. The lowest BCUT2D eigenvalue weighted by Gasteiger charge is -2.23. The SMILES string of the molecule is COCC(CCCS)OC(C)n1ccc(N)nc1=O. The van der Waals surface area contributed by atoms with Crippen LogP contribution in [0.4, 0.5) is 5.82 Å². The fourth-order valence-corrected chi connectivity index (χ4v) is 1.92. The molecule has 0 fully saturated rings. The summed E-state index contributed by atoms with van der Waals surface area (Å²) in [6, 6.07) is 1.57. The number of thiol groups is 1. The lowest BCUT2D eigenvalue weighted by atomic mass is 10.2. The van der Waals surface area contributed by atoms with E-state index >= 15 is 0 Å². The number of ether oxygens (including phenoxy) is 2. The van der Waals surface area contributed by atoms with Crippen molar-refractivity contribution in [1.29, 1.82) is 0 Å². The van der Waals surface area contributed by atoms with Crippen molar-refractivity contribution in [2.75, 3.05) is 25.2 Å². The number of aromatic nitrogens is 2. The van der Waals surface area contributed by atoms with Crippen molar-refractivity contribution in [1.82, 2.24) is 9.55 Å². The highest BCUT2D eigenvalue weighted by Crippen LogP contribution is 2.13. The van der Waals surface area contributed by atoms with Crippen LogP contribution in [0.5, 0.6) is 0 Å². The number of methoxy groups -OCH3 is 1. The molecule has 1 aromatic heterocycles. The molecular formula is C12H21N3O3S. The number of nitrogen functional groups attached to an aromatic ring is 1. The molecule has 0 aliphatic heterocycles. The average molecular weight is 287 g/mol. The van der Waals surface area contributed by atoms with Crippen molar-refractivity contribution in [3.8, 4) is 0 Å². The number of nitrogens with zero attached hydrogens (tertiary/aromatic N) is 2. The van der Waals surface area contributed by atoms with Crippen LogP contribution in [0.15, 0.2) is 17.1 Å². The summed E-state index contributed by atoms with van der Waals surface area (Å²) in [6.45, 7) is 2.28. The zero-order valence-electron chi connectivity index (χ0n) is 11.3. The molecule has 0 spiro atoms. The second kappa shape index (κ2) is 8.19. The zero-order chi connectivity index (χ0) is 14.3. The maximum absolute atomic E-state index is 11.7. The summed E-state index contributed by atoms with van der Waals surface area (Å²) in [4.78, 5) is 15.4. The second-order valence-corrected chi connectivity index (χ2v) is 4.67. The van der Waals surface area contributed by atoms with Gasteiger partial charge >= 0.3 is 5.69 Å². The van der Waals surface area contributed by atoms with Crippen LogP contribution in [0.2, 0.25) is 0 Å². The predicted molar refractivity (Wildman–Crippen MR) is 77.5 cm³/mol. The third kappa shape index (κ3) is 5.22. The smallest absolute Gasteiger partial charge is 0.351 e. The molecule has 1 aromatic rings. The van der Waals surface area contributed by atoms with E-state index in [9.17, 15) is 4.79 Å². The van der Waals surface area contributed by atoms with E-state index in [2.05, 4.69) is 17.6 Å². The lowest BCUT2D eigenvalue weighted by molar-refractivity contribution is -0.0772. The second-order valence-electron chi connectivity index (χ2n) is 4.22. The highest BCUT2D eigenvalue weighted by Gasteiger charge is 2.15. The van der Waals surface area contributed by atoms with E-state index in [1.807, 2.05) is 0 Å². The molecule has 0 amide bonds. The maximum Gasteiger partial charge on any atom is 0.351 e. The van der Waals surface area contributed by atoms with E-state index in [1.165, 1.54) is 4.57 Å². The van der Waals surface area contributed by atoms with Crippen molar-refractivity contribution >= 4 is 18.4 Å². The van der Waals surface area contributed by atoms with Crippen molar-refractivity contribution in [3.05, 3.63) is 22.7 Å². The van der Waals surface area contributed by atoms with Crippen LogP contribution in [0.25, 0.3) is 0 Å². The van der Waals surface area contributed by atoms with Gasteiger partial charge in [0.2, 0.25) is 0 Å². The van der Waals surface area contributed by atoms with Gasteiger partial charge in [-0.05, 0) is 31.6 Å². The molecule has 0 saturated carbocycles. The van der Waals surface area contributed by atoms with Crippen LogP contribution in [0, 0.1) is 0 Å². The summed E-state index contributed by atoms with van der Waals surface area (Å²) in [6.07, 6.45) is 2.85. The minimum absolute atomic E-state index is 0.0726. The molecule has 0 aliphatic rings. The molecule has 0 radical (unpaired) electrons. The van der Waals surface area contributed by atoms with Crippen LogP contribution in [0.3, 0.4) is 0 Å². The number of rotatable bonds is 8. The Hall–Kier alpha value is -1.05. The minimum atomic E-state index is -0.419. The fourth-order valence-electron chi connectivity index (χ4n) is 1.74. The van der Waals surface area contributed by atoms with Crippen LogP contribution in [0.1, 0.15) is 26.0 Å². The van der Waals surface area contributed by atoms with Crippen molar-refractivity contribution < 1.29 is 9.47 Å². The molecule has 1 heterocycles. The van der Waals surface area contributed by atoms with Crippen molar-refractivity contribution in [2.24, 2.45) is 0 Å². The zero-order valence-corrected chi connectivity index (χ0v) is 12.2. The Labute approximate surface area is 118 Å². The molecule has 0 saturated heterocycles. The molecule has 108 valence electrons. The molecule has 0 bridgehead atoms. The highest BCUT2D eigenvalue weighted by atomic mass is 32.1. The topological polar surface area (TPSA) is 79.4 Å². The van der Waals surface area contributed by atoms with E-state index in [0.717, 1.165) is 18.6 Å². The van der Waals surface area contributed by atoms with Gasteiger partial charge in [0.15, 0.2) is 0 Å². The van der Waals surface area contributed by atoms with Crippen LogP contribution in [-0.2, 0) is 9.47 Å². The van der Waals surface area contributed by atoms with E-state index in [4.69, 9.17) is 15.2 Å². The van der Waals surface area contributed by atoms with E-state index < -0.39 is 11.9 Å². The van der Waals surface area contributed by atoms with E-state index in [1.54, 1.807) is 26.3 Å². The largest absolute Gasteiger partial charge is 0.383 e. The Kier molecular flexibility index (Phi) is 6.90. The summed E-state index contributed by atoms with van der Waals surface area (Å²) in [7, 11) is 1.62. The van der Waals surface area contributed by atoms with Gasteiger partial charge in [0.1, 0.15) is 12.0 Å². The molecule has 6 nitrogen and oxygen atoms in total. The van der Waals surface area contributed by atoms with Gasteiger partial charge in [-0.2, -0.15) is 17.6 Å². The molecule has 1 rings (SSSR count). The molecule has 2 atom stereocenters. The van der Waals surface area contributed by atoms with Gasteiger partial charge in [0.25, 0.3) is 0 Å². The number of hydrogen-bond donors (Lipinski definition) is 2. The van der Waals surface area contributed by atoms with Gasteiger partial charge < -0.3 is 15.2 Å². The summed E-state index contributed by atoms with van der Waals surface area (Å²) in [5.41, 5.74) is 5.03. The monoisotopic (exact) mass is 287 g/mol. The van der Waals surface area contributed by atoms with Crippen LogP contribution >= 0.6 is 12.6 Å². The molecule has 2 N–H and O–H groups in total. The standard InChI is InChI=1S/C12H21N3O3S/c1-9(15-6-5-11(13)14-12(15)16)18-10(8-17-2)4-3-7-19/h5-6,9-10,19H,3-4,7-8H2,1-2H3,(H2,13,14,16). The Morgan fingerprint density at radius 3 is 2.89 bits per heavy atom. The van der Waals surface area contributed by atoms with Gasteiger partial charge in [0, 0.05) is 13.3 Å². The number of nitrogens with two attached hydrogens (primary N) is 1. The Balaban J connectivity index is 2.69. The molecule has 0 aromatic carbocycles. The van der Waals surface area contributed by atoms with Gasteiger partial charge in [-0.1, -0.05) is 0 Å². The molecule has 7 heteroatoms. The third-order valence-corrected chi connectivity index (χ3v) is 2.99. The fraction of sp³-hybridized carbons (Fsp3) is 0.667. The predicted octanol–water partition coefficient (Wildman–Crippen LogP) is 1.09. The Morgan fingerprint density at radius 2 is 2.32 bits per heavy atom. The highest BCUT2D eigenvalue weighted by molar-refractivity contribution is 7.80. The molecule has 19 heavy (non-hydrogen) atoms. The third-order valence-electron chi connectivity index (χ3n) is 2.67. The first-order chi connectivity index (χ1) is 9.08. The van der Waals surface area contributed by atoms with Gasteiger partial charge in [-0.25, -0.2) is 4.79 Å². The normalized spacial score (nSPS) is 14.3. The van der Waals surface area contributed by atoms with E-state index in [-0.39, 0.29) is 11.9 Å². The Bertz CT molecular complexity index is 438. The minimum Gasteiger partial charge on any atom is -0.383 e. The first kappa shape index (κ1) is 16.0. The first-order valence-corrected chi connectivity index (χ1v) is 6.81. The van der Waals surface area contributed by atoms with Crippen LogP contribution < -0.4 is 11.4 Å². The maximum atomic E-state index is 11.7. The van der Waals surface area contributed by atoms with Crippen molar-refractivity contribution in [2.45, 2.75) is 32.1 Å².